The molecular weight excluding hydrogens is 1510 g/mol. The van der Waals surface area contributed by atoms with E-state index in [0.717, 1.165) is 127 Å². The molecule has 0 saturated heterocycles. The first-order chi connectivity index (χ1) is 60.9. The topological polar surface area (TPSA) is 103 Å². The minimum Gasteiger partial charge on any atom is -0.247 e. The summed E-state index contributed by atoms with van der Waals surface area (Å²) in [6, 6.07) is 150. The van der Waals surface area contributed by atoms with E-state index in [1.54, 1.807) is 0 Å². The number of hydrogen-bond donors (Lipinski definition) is 0. The highest BCUT2D eigenvalue weighted by Gasteiger charge is 2.23. The molecule has 0 spiro atoms. The standard InChI is InChI=1S/C58H36N4.C56H34N4S/c1-2-10-37(11-3-1)47-31-33-53-52(36-47)54-50-17-9-8-14-42(50)30-32-51(54)55(59-53)43-24-18-40(19-25-43)41-20-26-44(27-21-41)56-60-57(48-28-22-38-12-4-6-15-45(38)34-48)62-58(61-56)49-29-23-39-13-5-7-16-46(39)35-49;1-3-14-39(15-4-1)54-58-55(40-16-5-2-6-17-40)60-56(59-54)41-31-27-36(28-32-41)35-25-29-38(30-26-35)52-47-34-33-37-13-7-8-18-42(37)50(47)46-22-11-21-44(53(46)57-52)43-20-12-24-49-51(43)45-19-9-10-23-48(45)61-49/h1-36H;1-34H. The summed E-state index contributed by atoms with van der Waals surface area (Å²) in [7, 11) is 0. The van der Waals surface area contributed by atoms with Crippen molar-refractivity contribution in [3.8, 4) is 135 Å². The average molecular weight is 1580 g/mol. The molecule has 9 heteroatoms. The van der Waals surface area contributed by atoms with Gasteiger partial charge in [0.05, 0.1) is 22.4 Å². The maximum Gasteiger partial charge on any atom is 0.164 e. The van der Waals surface area contributed by atoms with E-state index in [-0.39, 0.29) is 0 Å². The van der Waals surface area contributed by atoms with Gasteiger partial charge in [-0.2, -0.15) is 0 Å². The first kappa shape index (κ1) is 72.1. The molecule has 0 aliphatic heterocycles. The summed E-state index contributed by atoms with van der Waals surface area (Å²) in [5.74, 6) is 3.85. The Hall–Kier alpha value is -16.2. The van der Waals surface area contributed by atoms with Gasteiger partial charge in [0.2, 0.25) is 0 Å². The van der Waals surface area contributed by atoms with Gasteiger partial charge in [-0.05, 0) is 118 Å². The Kier molecular flexibility index (Phi) is 17.9. The first-order valence-corrected chi connectivity index (χ1v) is 42.2. The van der Waals surface area contributed by atoms with Crippen LogP contribution in [0.25, 0.3) is 242 Å². The van der Waals surface area contributed by atoms with Gasteiger partial charge in [-0.1, -0.05) is 388 Å². The molecule has 0 saturated carbocycles. The van der Waals surface area contributed by atoms with Gasteiger partial charge in [0.1, 0.15) is 0 Å². The molecule has 19 aromatic carbocycles. The fourth-order valence-corrected chi connectivity index (χ4v) is 18.8. The number of nitrogens with zero attached hydrogens (tertiary/aromatic N) is 8. The highest BCUT2D eigenvalue weighted by molar-refractivity contribution is 7.26. The Balaban J connectivity index is 0.000000142. The van der Waals surface area contributed by atoms with Crippen LogP contribution in [0.15, 0.2) is 425 Å². The van der Waals surface area contributed by atoms with Gasteiger partial charge in [0.15, 0.2) is 34.9 Å². The smallest absolute Gasteiger partial charge is 0.164 e. The molecule has 5 aromatic heterocycles. The summed E-state index contributed by atoms with van der Waals surface area (Å²) in [6.45, 7) is 0. The first-order valence-electron chi connectivity index (χ1n) is 41.4. The highest BCUT2D eigenvalue weighted by atomic mass is 32.1. The quantitative estimate of drug-likeness (QED) is 0.111. The second-order valence-electron chi connectivity index (χ2n) is 31.2. The van der Waals surface area contributed by atoms with Crippen LogP contribution in [-0.2, 0) is 0 Å². The van der Waals surface area contributed by atoms with Gasteiger partial charge >= 0.3 is 0 Å². The number of para-hydroxylation sites is 1. The Morgan fingerprint density at radius 3 is 0.992 bits per heavy atom. The number of aromatic nitrogens is 8. The molecule has 0 radical (unpaired) electrons. The second kappa shape index (κ2) is 30.6. The lowest BCUT2D eigenvalue weighted by Crippen LogP contribution is -2.00. The van der Waals surface area contributed by atoms with Crippen LogP contribution in [0.1, 0.15) is 0 Å². The third kappa shape index (κ3) is 13.4. The van der Waals surface area contributed by atoms with Crippen molar-refractivity contribution in [1.29, 1.82) is 0 Å². The normalized spacial score (nSPS) is 11.6. The van der Waals surface area contributed by atoms with Crippen LogP contribution in [-0.4, -0.2) is 39.9 Å². The summed E-state index contributed by atoms with van der Waals surface area (Å²) >= 11 is 1.85. The molecule has 123 heavy (non-hydrogen) atoms. The van der Waals surface area contributed by atoms with E-state index >= 15 is 0 Å². The van der Waals surface area contributed by atoms with Crippen molar-refractivity contribution in [2.75, 3.05) is 0 Å². The molecular formula is C114H70N8S. The molecule has 24 rings (SSSR count). The Morgan fingerprint density at radius 1 is 0.154 bits per heavy atom. The molecule has 0 aliphatic rings. The molecule has 24 aromatic rings. The van der Waals surface area contributed by atoms with E-state index in [1.807, 2.05) is 72.0 Å². The van der Waals surface area contributed by atoms with E-state index in [2.05, 4.69) is 364 Å². The predicted molar refractivity (Wildman–Crippen MR) is 513 cm³/mol. The van der Waals surface area contributed by atoms with Crippen molar-refractivity contribution >= 4 is 118 Å². The number of benzene rings is 19. The van der Waals surface area contributed by atoms with Crippen LogP contribution in [0.4, 0.5) is 0 Å². The fourth-order valence-electron chi connectivity index (χ4n) is 17.7. The van der Waals surface area contributed by atoms with E-state index in [1.165, 1.54) is 80.0 Å². The molecule has 572 valence electrons. The summed E-state index contributed by atoms with van der Waals surface area (Å²) in [5.41, 5.74) is 20.9. The lowest BCUT2D eigenvalue weighted by atomic mass is 9.91. The van der Waals surface area contributed by atoms with Crippen LogP contribution in [0.5, 0.6) is 0 Å². The monoisotopic (exact) mass is 1580 g/mol. The summed E-state index contributed by atoms with van der Waals surface area (Å²) in [4.78, 5) is 40.9. The average Bonchev–Trinajstić information content (AvgIpc) is 1.70. The maximum absolute atomic E-state index is 5.62. The number of thiophene rings is 1. The zero-order valence-corrected chi connectivity index (χ0v) is 67.2. The molecule has 0 unspecified atom stereocenters. The minimum atomic E-state index is 0.630. The summed E-state index contributed by atoms with van der Waals surface area (Å²) in [5, 5.41) is 19.2. The lowest BCUT2D eigenvalue weighted by molar-refractivity contribution is 1.07. The van der Waals surface area contributed by atoms with Gasteiger partial charge in [0, 0.05) is 103 Å². The van der Waals surface area contributed by atoms with E-state index in [4.69, 9.17) is 39.9 Å². The van der Waals surface area contributed by atoms with Crippen LogP contribution < -0.4 is 0 Å². The maximum atomic E-state index is 5.62. The fraction of sp³-hybridized carbons (Fsp3) is 0. The molecule has 0 atom stereocenters. The Morgan fingerprint density at radius 2 is 0.488 bits per heavy atom. The third-order valence-electron chi connectivity index (χ3n) is 23.8. The van der Waals surface area contributed by atoms with Crippen molar-refractivity contribution in [2.45, 2.75) is 0 Å². The van der Waals surface area contributed by atoms with Crippen molar-refractivity contribution in [3.05, 3.63) is 425 Å². The van der Waals surface area contributed by atoms with Crippen LogP contribution >= 0.6 is 11.3 Å². The molecule has 0 amide bonds. The largest absolute Gasteiger partial charge is 0.247 e. The van der Waals surface area contributed by atoms with E-state index in [0.29, 0.717) is 34.9 Å². The minimum absolute atomic E-state index is 0.630. The third-order valence-corrected chi connectivity index (χ3v) is 25.0. The van der Waals surface area contributed by atoms with Crippen molar-refractivity contribution < 1.29 is 0 Å². The van der Waals surface area contributed by atoms with Gasteiger partial charge in [-0.3, -0.25) is 0 Å². The summed E-state index contributed by atoms with van der Waals surface area (Å²) < 4.78 is 2.58. The number of pyridine rings is 2. The zero-order valence-electron chi connectivity index (χ0n) is 66.4. The van der Waals surface area contributed by atoms with Gasteiger partial charge in [0.25, 0.3) is 0 Å². The van der Waals surface area contributed by atoms with Crippen molar-refractivity contribution in [3.63, 3.8) is 0 Å². The number of rotatable bonds is 12. The lowest BCUT2D eigenvalue weighted by Gasteiger charge is -2.16. The zero-order chi connectivity index (χ0) is 81.3. The molecule has 0 bridgehead atoms. The second-order valence-corrected chi connectivity index (χ2v) is 32.3. The Bertz CT molecular complexity index is 8110. The predicted octanol–water partition coefficient (Wildman–Crippen LogP) is 30.1. The highest BCUT2D eigenvalue weighted by Crippen LogP contribution is 2.47. The van der Waals surface area contributed by atoms with E-state index < -0.39 is 0 Å². The van der Waals surface area contributed by atoms with Crippen molar-refractivity contribution in [2.24, 2.45) is 0 Å². The van der Waals surface area contributed by atoms with E-state index in [9.17, 15) is 0 Å². The van der Waals surface area contributed by atoms with Crippen LogP contribution in [0.3, 0.4) is 0 Å². The molecule has 5 heterocycles. The van der Waals surface area contributed by atoms with Crippen LogP contribution in [0, 0.1) is 0 Å². The van der Waals surface area contributed by atoms with Gasteiger partial charge in [-0.25, -0.2) is 39.9 Å². The number of hydrogen-bond acceptors (Lipinski definition) is 9. The molecule has 0 fully saturated rings. The summed E-state index contributed by atoms with van der Waals surface area (Å²) in [6.07, 6.45) is 0. The Labute approximate surface area is 712 Å². The van der Waals surface area contributed by atoms with Crippen molar-refractivity contribution in [1.82, 2.24) is 39.9 Å². The van der Waals surface area contributed by atoms with Crippen LogP contribution in [0.2, 0.25) is 0 Å². The molecule has 0 N–H and O–H groups in total. The molecule has 0 aliphatic carbocycles. The van der Waals surface area contributed by atoms with Gasteiger partial charge in [-0.15, -0.1) is 11.3 Å². The number of fused-ring (bicyclic) bond motifs is 15. The molecule has 8 nitrogen and oxygen atoms in total. The SMILES string of the molecule is c1ccc(-c2ccc3nc(-c4ccc(-c5ccc(-c6nc(-c7ccc8ccccc8c7)nc(-c7ccc8ccccc8c7)n6)cc5)cc4)c4ccc5ccccc5c4c3c2)cc1.c1ccc(-c2nc(-c3ccccc3)nc(-c3ccc(-c4ccc(-c5nc6c(-c7cccc8sc9ccccc9c78)cccc6c6c5ccc5ccccc56)cc4)cc3)n2)cc1. The van der Waals surface area contributed by atoms with Gasteiger partial charge < -0.3 is 0 Å².